The van der Waals surface area contributed by atoms with Crippen molar-refractivity contribution in [1.29, 1.82) is 0 Å². The summed E-state index contributed by atoms with van der Waals surface area (Å²) in [5.74, 6) is 0.856. The summed E-state index contributed by atoms with van der Waals surface area (Å²) >= 11 is 3.52. The van der Waals surface area contributed by atoms with E-state index >= 15 is 0 Å². The largest absolute Gasteiger partial charge is 0.354 e. The lowest BCUT2D eigenvalue weighted by atomic mass is 10.1. The van der Waals surface area contributed by atoms with Gasteiger partial charge in [0.15, 0.2) is 0 Å². The van der Waals surface area contributed by atoms with Gasteiger partial charge < -0.3 is 9.97 Å². The maximum absolute atomic E-state index is 4.67. The van der Waals surface area contributed by atoms with Crippen LogP contribution in [-0.2, 0) is 0 Å². The number of nitrogens with zero attached hydrogens (tertiary/aromatic N) is 2. The maximum atomic E-state index is 4.67. The van der Waals surface area contributed by atoms with Gasteiger partial charge in [0.25, 0.3) is 0 Å². The van der Waals surface area contributed by atoms with Gasteiger partial charge in [-0.05, 0) is 60.2 Å². The molecule has 5 nitrogen and oxygen atoms in total. The van der Waals surface area contributed by atoms with Crippen molar-refractivity contribution >= 4 is 49.8 Å². The van der Waals surface area contributed by atoms with E-state index in [4.69, 9.17) is 0 Å². The molecule has 0 saturated carbocycles. The first-order valence-electron chi connectivity index (χ1n) is 11.0. The molecule has 34 heavy (non-hydrogen) atoms. The molecule has 0 spiro atoms. The summed E-state index contributed by atoms with van der Waals surface area (Å²) in [6.45, 7) is 0. The van der Waals surface area contributed by atoms with E-state index in [1.165, 1.54) is 0 Å². The molecule has 2 heterocycles. The van der Waals surface area contributed by atoms with Crippen LogP contribution in [0.1, 0.15) is 5.56 Å². The van der Waals surface area contributed by atoms with Crippen LogP contribution < -0.4 is 5.43 Å². The second-order valence-corrected chi connectivity index (χ2v) is 8.93. The van der Waals surface area contributed by atoms with Crippen molar-refractivity contribution in [2.45, 2.75) is 0 Å². The van der Waals surface area contributed by atoms with Crippen LogP contribution >= 0.6 is 15.9 Å². The van der Waals surface area contributed by atoms with Crippen LogP contribution in [0.2, 0.25) is 0 Å². The van der Waals surface area contributed by atoms with Crippen molar-refractivity contribution < 1.29 is 0 Å². The fourth-order valence-corrected chi connectivity index (χ4v) is 4.37. The maximum Gasteiger partial charge on any atom is 0.138 e. The van der Waals surface area contributed by atoms with Crippen molar-refractivity contribution in [3.63, 3.8) is 0 Å². The number of halogens is 1. The zero-order valence-electron chi connectivity index (χ0n) is 18.1. The summed E-state index contributed by atoms with van der Waals surface area (Å²) in [6.07, 6.45) is 1.88. The number of H-pyrrole nitrogens is 2. The second-order valence-electron chi connectivity index (χ2n) is 8.02. The zero-order chi connectivity index (χ0) is 22.9. The van der Waals surface area contributed by atoms with E-state index in [2.05, 4.69) is 65.7 Å². The molecule has 4 aromatic carbocycles. The van der Waals surface area contributed by atoms with Crippen molar-refractivity contribution in [2.24, 2.45) is 5.10 Å². The van der Waals surface area contributed by atoms with Crippen LogP contribution in [-0.4, -0.2) is 21.2 Å². The Morgan fingerprint density at radius 3 is 2.24 bits per heavy atom. The Bertz CT molecular complexity index is 1590. The number of hydrazone groups is 1. The number of anilines is 1. The van der Waals surface area contributed by atoms with Crippen molar-refractivity contribution in [3.8, 4) is 22.6 Å². The summed E-state index contributed by atoms with van der Waals surface area (Å²) in [5.41, 5.74) is 11.4. The average Bonchev–Trinajstić information content (AvgIpc) is 3.47. The molecule has 0 aliphatic carbocycles. The molecule has 0 bridgehead atoms. The third-order valence-electron chi connectivity index (χ3n) is 5.81. The first-order chi connectivity index (χ1) is 16.7. The number of rotatable bonds is 5. The molecule has 6 rings (SSSR count). The van der Waals surface area contributed by atoms with Crippen LogP contribution in [0.3, 0.4) is 0 Å². The second kappa shape index (κ2) is 8.65. The lowest BCUT2D eigenvalue weighted by Gasteiger charge is -2.03. The Morgan fingerprint density at radius 1 is 0.735 bits per heavy atom. The third-order valence-corrected chi connectivity index (χ3v) is 6.34. The number of nitrogens with one attached hydrogen (secondary N) is 3. The van der Waals surface area contributed by atoms with E-state index in [0.29, 0.717) is 0 Å². The molecule has 0 radical (unpaired) electrons. The molecule has 0 amide bonds. The van der Waals surface area contributed by atoms with Gasteiger partial charge in [-0.2, -0.15) is 5.10 Å². The molecule has 0 unspecified atom stereocenters. The standard InChI is InChI=1S/C28H20BrN5/c29-20-13-9-18(10-14-20)27-23(22-5-1-2-6-24(22)31-27)17-30-34-21-15-11-19(12-16-21)28-32-25-7-3-4-8-26(25)33-28/h1-17,31,34H,(H,32,33)/b30-17-. The summed E-state index contributed by atoms with van der Waals surface area (Å²) in [5, 5.41) is 5.68. The minimum Gasteiger partial charge on any atom is -0.354 e. The minimum absolute atomic E-state index is 0.856. The van der Waals surface area contributed by atoms with E-state index in [1.54, 1.807) is 0 Å². The van der Waals surface area contributed by atoms with E-state index in [0.717, 1.165) is 60.3 Å². The summed E-state index contributed by atoms with van der Waals surface area (Å²) in [4.78, 5) is 11.6. The normalized spacial score (nSPS) is 11.6. The van der Waals surface area contributed by atoms with Crippen LogP contribution in [0.4, 0.5) is 5.69 Å². The van der Waals surface area contributed by atoms with E-state index in [1.807, 2.05) is 79.0 Å². The summed E-state index contributed by atoms with van der Waals surface area (Å²) < 4.78 is 1.05. The van der Waals surface area contributed by atoms with Crippen molar-refractivity contribution in [2.75, 3.05) is 5.43 Å². The van der Waals surface area contributed by atoms with E-state index in [9.17, 15) is 0 Å². The highest BCUT2D eigenvalue weighted by atomic mass is 79.9. The van der Waals surface area contributed by atoms with Gasteiger partial charge in [0.1, 0.15) is 5.82 Å². The number of para-hydroxylation sites is 3. The smallest absolute Gasteiger partial charge is 0.138 e. The molecular formula is C28H20BrN5. The molecule has 0 atom stereocenters. The molecule has 0 saturated heterocycles. The highest BCUT2D eigenvalue weighted by Gasteiger charge is 2.11. The summed E-state index contributed by atoms with van der Waals surface area (Å²) in [6, 6.07) is 32.7. The van der Waals surface area contributed by atoms with E-state index in [-0.39, 0.29) is 0 Å². The predicted molar refractivity (Wildman–Crippen MR) is 144 cm³/mol. The number of benzene rings is 4. The molecule has 6 aromatic rings. The number of hydrogen-bond donors (Lipinski definition) is 3. The van der Waals surface area contributed by atoms with E-state index < -0.39 is 0 Å². The molecule has 0 fully saturated rings. The number of aromatic nitrogens is 3. The highest BCUT2D eigenvalue weighted by Crippen LogP contribution is 2.30. The quantitative estimate of drug-likeness (QED) is 0.167. The first kappa shape index (κ1) is 20.4. The zero-order valence-corrected chi connectivity index (χ0v) is 19.7. The summed E-state index contributed by atoms with van der Waals surface area (Å²) in [7, 11) is 0. The molecule has 2 aromatic heterocycles. The Balaban J connectivity index is 1.26. The fraction of sp³-hybridized carbons (Fsp3) is 0. The number of fused-ring (bicyclic) bond motifs is 2. The monoisotopic (exact) mass is 505 g/mol. The van der Waals surface area contributed by atoms with Gasteiger partial charge in [0.05, 0.1) is 28.6 Å². The average molecular weight is 506 g/mol. The van der Waals surface area contributed by atoms with Gasteiger partial charge in [-0.25, -0.2) is 4.98 Å². The van der Waals surface area contributed by atoms with Crippen LogP contribution in [0, 0.1) is 0 Å². The number of aromatic amines is 2. The predicted octanol–water partition coefficient (Wildman–Crippen LogP) is 7.59. The Labute approximate surface area is 204 Å². The fourth-order valence-electron chi connectivity index (χ4n) is 4.11. The molecule has 0 aliphatic rings. The number of imidazole rings is 1. The highest BCUT2D eigenvalue weighted by molar-refractivity contribution is 9.10. The van der Waals surface area contributed by atoms with Gasteiger partial charge in [0.2, 0.25) is 0 Å². The Kier molecular flexibility index (Phi) is 5.20. The van der Waals surface area contributed by atoms with Crippen LogP contribution in [0.5, 0.6) is 0 Å². The van der Waals surface area contributed by atoms with Gasteiger partial charge in [-0.15, -0.1) is 0 Å². The molecule has 6 heteroatoms. The molecule has 164 valence electrons. The molecule has 0 aliphatic heterocycles. The van der Waals surface area contributed by atoms with Gasteiger partial charge >= 0.3 is 0 Å². The van der Waals surface area contributed by atoms with Crippen LogP contribution in [0.15, 0.2) is 107 Å². The Morgan fingerprint density at radius 2 is 1.44 bits per heavy atom. The topological polar surface area (TPSA) is 68.9 Å². The first-order valence-corrected chi connectivity index (χ1v) is 11.7. The van der Waals surface area contributed by atoms with Gasteiger partial charge in [-0.3, -0.25) is 5.43 Å². The number of hydrogen-bond acceptors (Lipinski definition) is 3. The van der Waals surface area contributed by atoms with Crippen molar-refractivity contribution in [3.05, 3.63) is 107 Å². The Hall–Kier alpha value is -4.16. The third kappa shape index (κ3) is 3.89. The van der Waals surface area contributed by atoms with Crippen molar-refractivity contribution in [1.82, 2.24) is 15.0 Å². The van der Waals surface area contributed by atoms with Gasteiger partial charge in [0, 0.05) is 26.5 Å². The molecular weight excluding hydrogens is 486 g/mol. The minimum atomic E-state index is 0.856. The lowest BCUT2D eigenvalue weighted by Crippen LogP contribution is -1.92. The van der Waals surface area contributed by atoms with Crippen LogP contribution in [0.25, 0.3) is 44.6 Å². The lowest BCUT2D eigenvalue weighted by molar-refractivity contribution is 1.32. The van der Waals surface area contributed by atoms with Gasteiger partial charge in [-0.1, -0.05) is 58.4 Å². The molecule has 3 N–H and O–H groups in total. The SMILES string of the molecule is Brc1ccc(-c2[nH]c3ccccc3c2/C=N\Nc2ccc(-c3nc4ccccc4[nH]3)cc2)cc1.